The number of carbonyl (C=O) groups is 4. The molecule has 2 bridgehead atoms. The van der Waals surface area contributed by atoms with Gasteiger partial charge in [0.05, 0.1) is 19.3 Å². The van der Waals surface area contributed by atoms with Crippen molar-refractivity contribution in [2.24, 2.45) is 5.92 Å². The van der Waals surface area contributed by atoms with Crippen molar-refractivity contribution in [1.29, 1.82) is 0 Å². The molecule has 0 aliphatic carbocycles. The van der Waals surface area contributed by atoms with Gasteiger partial charge in [0.1, 0.15) is 31.0 Å². The summed E-state index contributed by atoms with van der Waals surface area (Å²) in [6, 6.07) is 23.0. The summed E-state index contributed by atoms with van der Waals surface area (Å²) in [6.45, 7) is 5.91. The molecule has 0 aromatic heterocycles. The van der Waals surface area contributed by atoms with Crippen molar-refractivity contribution < 1.29 is 38.1 Å². The lowest BCUT2D eigenvalue weighted by Crippen LogP contribution is -2.57. The second-order valence-corrected chi connectivity index (χ2v) is 13.9. The van der Waals surface area contributed by atoms with Crippen LogP contribution in [0.2, 0.25) is 0 Å². The molecule has 52 heavy (non-hydrogen) atoms. The monoisotopic (exact) mass is 734 g/mol. The van der Waals surface area contributed by atoms with Gasteiger partial charge in [-0.3, -0.25) is 4.79 Å². The molecule has 4 N–H and O–H groups in total. The van der Waals surface area contributed by atoms with Crippen LogP contribution in [0.4, 0.5) is 9.59 Å². The molecule has 2 aliphatic rings. The molecule has 0 unspecified atom stereocenters. The van der Waals surface area contributed by atoms with Gasteiger partial charge in [0.25, 0.3) is 0 Å². The number of fused-ring (bicyclic) bond motifs is 13. The molecular formula is C39H50N4O8S. The van der Waals surface area contributed by atoms with Crippen molar-refractivity contribution in [3.63, 3.8) is 0 Å². The maximum absolute atomic E-state index is 13.7. The highest BCUT2D eigenvalue weighted by Crippen LogP contribution is 2.16. The number of rotatable bonds is 13. The molecule has 4 amide bonds. The topological polar surface area (TPSA) is 153 Å². The molecule has 5 rings (SSSR count). The minimum atomic E-state index is -1.04. The van der Waals surface area contributed by atoms with Crippen LogP contribution >= 0.6 is 11.8 Å². The SMILES string of the molecule is CC(C)[C@H]1COCCCCOc2ccc(cc2)C[C@@H](NC(=O)N[C@@H](CSCCNC(=O)OCc2ccccc2)C(=O)OCc2ccccc2)C(=O)N1. The Morgan fingerprint density at radius 2 is 1.54 bits per heavy atom. The molecule has 0 radical (unpaired) electrons. The zero-order valence-corrected chi connectivity index (χ0v) is 30.7. The van der Waals surface area contributed by atoms with E-state index >= 15 is 0 Å². The average molecular weight is 735 g/mol. The third kappa shape index (κ3) is 14.8. The Morgan fingerprint density at radius 3 is 2.21 bits per heavy atom. The molecule has 3 atom stereocenters. The lowest BCUT2D eigenvalue weighted by atomic mass is 10.0. The van der Waals surface area contributed by atoms with Gasteiger partial charge in [-0.25, -0.2) is 14.4 Å². The molecule has 0 saturated heterocycles. The number of ether oxygens (including phenoxy) is 4. The van der Waals surface area contributed by atoms with Crippen LogP contribution in [0.15, 0.2) is 84.9 Å². The van der Waals surface area contributed by atoms with E-state index in [1.807, 2.05) is 98.8 Å². The third-order valence-corrected chi connectivity index (χ3v) is 9.26. The smallest absolute Gasteiger partial charge is 0.407 e. The first-order valence-electron chi connectivity index (χ1n) is 17.7. The summed E-state index contributed by atoms with van der Waals surface area (Å²) >= 11 is 1.35. The summed E-state index contributed by atoms with van der Waals surface area (Å²) in [7, 11) is 0. The van der Waals surface area contributed by atoms with Crippen LogP contribution in [-0.2, 0) is 43.4 Å². The fourth-order valence-electron chi connectivity index (χ4n) is 5.11. The maximum atomic E-state index is 13.7. The van der Waals surface area contributed by atoms with Crippen molar-refractivity contribution >= 4 is 35.8 Å². The lowest BCUT2D eigenvalue weighted by Gasteiger charge is -2.27. The Balaban J connectivity index is 1.38. The van der Waals surface area contributed by atoms with Gasteiger partial charge < -0.3 is 40.2 Å². The van der Waals surface area contributed by atoms with Gasteiger partial charge in [-0.1, -0.05) is 86.6 Å². The molecule has 3 aromatic carbocycles. The summed E-state index contributed by atoms with van der Waals surface area (Å²) in [5.41, 5.74) is 2.49. The second kappa shape index (κ2) is 22.2. The van der Waals surface area contributed by atoms with E-state index in [9.17, 15) is 19.2 Å². The van der Waals surface area contributed by atoms with E-state index in [4.69, 9.17) is 18.9 Å². The number of alkyl carbamates (subject to hydrolysis) is 1. The highest BCUT2D eigenvalue weighted by Gasteiger charge is 2.28. The minimum absolute atomic E-state index is 0.0301. The van der Waals surface area contributed by atoms with Crippen molar-refractivity contribution in [3.8, 4) is 5.75 Å². The molecule has 280 valence electrons. The van der Waals surface area contributed by atoms with Crippen molar-refractivity contribution in [2.75, 3.05) is 37.9 Å². The summed E-state index contributed by atoms with van der Waals surface area (Å²) in [6.07, 6.45) is 1.32. The van der Waals surface area contributed by atoms with E-state index in [1.54, 1.807) is 0 Å². The molecule has 2 aliphatic heterocycles. The minimum Gasteiger partial charge on any atom is -0.494 e. The first-order chi connectivity index (χ1) is 25.3. The standard InChI is InChI=1S/C39H50N4O8S/c1-28(2)34-26-48-20-9-10-21-49-32-17-15-29(16-18-32)23-33(36(44)41-34)42-38(46)43-35(37(45)50-24-30-11-5-3-6-12-30)27-52-22-19-40-39(47)51-25-31-13-7-4-8-14-31/h3-8,11-18,28,33-35H,9-10,19-27H2,1-2H3,(H,40,47)(H,41,44)(H2,42,43,46)/t33-,34-,35+/m1/s1. The zero-order chi connectivity index (χ0) is 37.0. The molecule has 12 nitrogen and oxygen atoms in total. The van der Waals surface area contributed by atoms with Gasteiger partial charge >= 0.3 is 18.1 Å². The van der Waals surface area contributed by atoms with Crippen LogP contribution in [0.5, 0.6) is 5.75 Å². The number of thioether (sulfide) groups is 1. The number of nitrogens with one attached hydrogen (secondary N) is 4. The van der Waals surface area contributed by atoms with Crippen molar-refractivity contribution in [2.45, 2.75) is 64.4 Å². The number of amides is 4. The third-order valence-electron chi connectivity index (χ3n) is 8.19. The van der Waals surface area contributed by atoms with Crippen LogP contribution in [0.3, 0.4) is 0 Å². The highest BCUT2D eigenvalue weighted by atomic mass is 32.2. The molecule has 2 heterocycles. The van der Waals surface area contributed by atoms with E-state index in [2.05, 4.69) is 21.3 Å². The molecule has 3 aromatic rings. The predicted molar refractivity (Wildman–Crippen MR) is 200 cm³/mol. The molecule has 13 heteroatoms. The van der Waals surface area contributed by atoms with Gasteiger partial charge in [0.2, 0.25) is 5.91 Å². The van der Waals surface area contributed by atoms with Crippen LogP contribution in [0.1, 0.15) is 43.4 Å². The summed E-state index contributed by atoms with van der Waals surface area (Å²) in [5.74, 6) is 0.407. The van der Waals surface area contributed by atoms with Crippen LogP contribution in [0.25, 0.3) is 0 Å². The molecular weight excluding hydrogens is 685 g/mol. The molecule has 0 spiro atoms. The van der Waals surface area contributed by atoms with Crippen molar-refractivity contribution in [3.05, 3.63) is 102 Å². The fourth-order valence-corrected chi connectivity index (χ4v) is 5.98. The van der Waals surface area contributed by atoms with Gasteiger partial charge in [-0.05, 0) is 47.6 Å². The summed E-state index contributed by atoms with van der Waals surface area (Å²) in [4.78, 5) is 52.6. The quantitative estimate of drug-likeness (QED) is 0.140. The summed E-state index contributed by atoms with van der Waals surface area (Å²) in [5, 5.41) is 11.3. The molecule has 0 fully saturated rings. The number of esters is 1. The number of carbonyl (C=O) groups excluding carboxylic acids is 4. The van der Waals surface area contributed by atoms with E-state index in [-0.39, 0.29) is 49.8 Å². The van der Waals surface area contributed by atoms with Gasteiger partial charge in [0.15, 0.2) is 0 Å². The number of urea groups is 1. The number of benzene rings is 3. The Hall–Kier alpha value is -4.75. The zero-order valence-electron chi connectivity index (χ0n) is 29.8. The number of hydrogen-bond donors (Lipinski definition) is 4. The van der Waals surface area contributed by atoms with Crippen LogP contribution < -0.4 is 26.0 Å². The van der Waals surface area contributed by atoms with E-state index in [0.29, 0.717) is 25.6 Å². The fraction of sp³-hybridized carbons (Fsp3) is 0.436. The maximum Gasteiger partial charge on any atom is 0.407 e. The Labute approximate surface area is 310 Å². The van der Waals surface area contributed by atoms with Crippen LogP contribution in [-0.4, -0.2) is 80.0 Å². The van der Waals surface area contributed by atoms with Crippen molar-refractivity contribution in [1.82, 2.24) is 21.3 Å². The van der Waals surface area contributed by atoms with E-state index in [0.717, 1.165) is 35.3 Å². The normalized spacial score (nSPS) is 17.2. The van der Waals surface area contributed by atoms with Crippen LogP contribution in [0, 0.1) is 5.92 Å². The first kappa shape index (κ1) is 40.0. The highest BCUT2D eigenvalue weighted by molar-refractivity contribution is 7.99. The molecule has 0 saturated carbocycles. The second-order valence-electron chi connectivity index (χ2n) is 12.7. The Morgan fingerprint density at radius 1 is 0.885 bits per heavy atom. The average Bonchev–Trinajstić information content (AvgIpc) is 3.15. The van der Waals surface area contributed by atoms with E-state index < -0.39 is 30.2 Å². The van der Waals surface area contributed by atoms with E-state index in [1.165, 1.54) is 11.8 Å². The Kier molecular flexibility index (Phi) is 17.1. The first-order valence-corrected chi connectivity index (χ1v) is 18.8. The number of hydrogen-bond acceptors (Lipinski definition) is 9. The van der Waals surface area contributed by atoms with Gasteiger partial charge in [0, 0.05) is 31.1 Å². The largest absolute Gasteiger partial charge is 0.494 e. The predicted octanol–water partition coefficient (Wildman–Crippen LogP) is 5.00. The van der Waals surface area contributed by atoms with Gasteiger partial charge in [-0.15, -0.1) is 0 Å². The Bertz CT molecular complexity index is 1530. The van der Waals surface area contributed by atoms with Gasteiger partial charge in [-0.2, -0.15) is 11.8 Å². The summed E-state index contributed by atoms with van der Waals surface area (Å²) < 4.78 is 22.5. The lowest BCUT2D eigenvalue weighted by molar-refractivity contribution is -0.146.